The van der Waals surface area contributed by atoms with Crippen molar-refractivity contribution in [2.45, 2.75) is 57.2 Å². The number of hydrogen-bond acceptors (Lipinski definition) is 3. The predicted molar refractivity (Wildman–Crippen MR) is 64.0 cm³/mol. The lowest BCUT2D eigenvalue weighted by Crippen LogP contribution is -2.55. The van der Waals surface area contributed by atoms with E-state index in [4.69, 9.17) is 5.73 Å². The van der Waals surface area contributed by atoms with Crippen LogP contribution in [0.4, 0.5) is 0 Å². The zero-order valence-electron chi connectivity index (χ0n) is 10.3. The molecular weight excluding hydrogens is 202 g/mol. The average Bonchev–Trinajstić information content (AvgIpc) is 2.63. The quantitative estimate of drug-likeness (QED) is 0.718. The van der Waals surface area contributed by atoms with Crippen LogP contribution < -0.4 is 11.1 Å². The standard InChI is InChI=1S/C12H23N3O/c1-12(2,13)11(16)14-9-5-7-15-6-3-4-10(15)8-9/h9-10H,3-8,13H2,1-2H3,(H,14,16). The molecule has 2 heterocycles. The maximum atomic E-state index is 11.8. The summed E-state index contributed by atoms with van der Waals surface area (Å²) in [5.41, 5.74) is 5.02. The molecule has 2 fully saturated rings. The first-order chi connectivity index (χ1) is 7.47. The zero-order valence-corrected chi connectivity index (χ0v) is 10.3. The highest BCUT2D eigenvalue weighted by atomic mass is 16.2. The summed E-state index contributed by atoms with van der Waals surface area (Å²) in [4.78, 5) is 14.3. The Morgan fingerprint density at radius 3 is 2.81 bits per heavy atom. The van der Waals surface area contributed by atoms with Crippen LogP contribution in [-0.4, -0.2) is 41.5 Å². The highest BCUT2D eigenvalue weighted by molar-refractivity contribution is 5.85. The summed E-state index contributed by atoms with van der Waals surface area (Å²) in [6, 6.07) is 1.02. The third-order valence-corrected chi connectivity index (χ3v) is 3.74. The number of nitrogens with zero attached hydrogens (tertiary/aromatic N) is 1. The van der Waals surface area contributed by atoms with Crippen molar-refractivity contribution >= 4 is 5.91 Å². The minimum absolute atomic E-state index is 0.0241. The van der Waals surface area contributed by atoms with Crippen LogP contribution in [0.25, 0.3) is 0 Å². The van der Waals surface area contributed by atoms with Crippen LogP contribution >= 0.6 is 0 Å². The minimum atomic E-state index is -0.757. The number of hydrogen-bond donors (Lipinski definition) is 2. The number of fused-ring (bicyclic) bond motifs is 1. The number of piperidine rings is 1. The molecule has 2 atom stereocenters. The van der Waals surface area contributed by atoms with Crippen molar-refractivity contribution in [1.82, 2.24) is 10.2 Å². The van der Waals surface area contributed by atoms with Crippen molar-refractivity contribution in [3.8, 4) is 0 Å². The molecule has 4 heteroatoms. The van der Waals surface area contributed by atoms with E-state index >= 15 is 0 Å². The van der Waals surface area contributed by atoms with Gasteiger partial charge in [-0.05, 0) is 46.1 Å². The molecule has 2 aliphatic heterocycles. The smallest absolute Gasteiger partial charge is 0.239 e. The van der Waals surface area contributed by atoms with E-state index in [9.17, 15) is 4.79 Å². The SMILES string of the molecule is CC(C)(N)C(=O)NC1CCN2CCCC2C1. The second kappa shape index (κ2) is 4.34. The van der Waals surface area contributed by atoms with E-state index in [0.29, 0.717) is 12.1 Å². The Bertz CT molecular complexity index is 272. The van der Waals surface area contributed by atoms with Gasteiger partial charge in [0, 0.05) is 18.6 Å². The molecule has 4 nitrogen and oxygen atoms in total. The molecule has 2 rings (SSSR count). The van der Waals surface area contributed by atoms with Crippen LogP contribution in [-0.2, 0) is 4.79 Å². The first kappa shape index (κ1) is 11.9. The van der Waals surface area contributed by atoms with Crippen molar-refractivity contribution in [2.75, 3.05) is 13.1 Å². The molecule has 1 amide bonds. The van der Waals surface area contributed by atoms with Gasteiger partial charge in [0.05, 0.1) is 5.54 Å². The minimum Gasteiger partial charge on any atom is -0.352 e. The van der Waals surface area contributed by atoms with Gasteiger partial charge in [-0.1, -0.05) is 0 Å². The average molecular weight is 225 g/mol. The largest absolute Gasteiger partial charge is 0.352 e. The first-order valence-corrected chi connectivity index (χ1v) is 6.31. The molecular formula is C12H23N3O. The molecule has 0 bridgehead atoms. The predicted octanol–water partition coefficient (Wildman–Crippen LogP) is 0.467. The zero-order chi connectivity index (χ0) is 11.8. The monoisotopic (exact) mass is 225 g/mol. The molecule has 3 N–H and O–H groups in total. The summed E-state index contributed by atoms with van der Waals surface area (Å²) in [6.07, 6.45) is 4.77. The van der Waals surface area contributed by atoms with Gasteiger partial charge in [-0.2, -0.15) is 0 Å². The summed E-state index contributed by atoms with van der Waals surface area (Å²) in [7, 11) is 0. The Morgan fingerprint density at radius 1 is 1.38 bits per heavy atom. The van der Waals surface area contributed by atoms with E-state index in [0.717, 1.165) is 19.4 Å². The Balaban J connectivity index is 1.85. The highest BCUT2D eigenvalue weighted by Gasteiger charge is 2.33. The van der Waals surface area contributed by atoms with E-state index in [2.05, 4.69) is 10.2 Å². The van der Waals surface area contributed by atoms with Crippen molar-refractivity contribution in [3.63, 3.8) is 0 Å². The Morgan fingerprint density at radius 2 is 2.12 bits per heavy atom. The number of carbonyl (C=O) groups is 1. The first-order valence-electron chi connectivity index (χ1n) is 6.31. The number of carbonyl (C=O) groups excluding carboxylic acids is 1. The Labute approximate surface area is 97.6 Å². The van der Waals surface area contributed by atoms with Gasteiger partial charge in [-0.3, -0.25) is 4.79 Å². The molecule has 0 spiro atoms. The second-order valence-corrected chi connectivity index (χ2v) is 5.75. The van der Waals surface area contributed by atoms with E-state index in [-0.39, 0.29) is 5.91 Å². The van der Waals surface area contributed by atoms with Gasteiger partial charge in [0.2, 0.25) is 5.91 Å². The highest BCUT2D eigenvalue weighted by Crippen LogP contribution is 2.26. The van der Waals surface area contributed by atoms with Crippen molar-refractivity contribution in [2.24, 2.45) is 5.73 Å². The van der Waals surface area contributed by atoms with Crippen LogP contribution in [0.1, 0.15) is 39.5 Å². The van der Waals surface area contributed by atoms with Gasteiger partial charge in [-0.15, -0.1) is 0 Å². The van der Waals surface area contributed by atoms with Crippen LogP contribution in [0.15, 0.2) is 0 Å². The maximum absolute atomic E-state index is 11.8. The molecule has 92 valence electrons. The lowest BCUT2D eigenvalue weighted by molar-refractivity contribution is -0.126. The summed E-state index contributed by atoms with van der Waals surface area (Å²) < 4.78 is 0. The van der Waals surface area contributed by atoms with Crippen molar-refractivity contribution < 1.29 is 4.79 Å². The molecule has 2 saturated heterocycles. The van der Waals surface area contributed by atoms with Gasteiger partial charge in [0.1, 0.15) is 0 Å². The molecule has 0 aliphatic carbocycles. The van der Waals surface area contributed by atoms with Crippen LogP contribution in [0.5, 0.6) is 0 Å². The number of nitrogens with two attached hydrogens (primary N) is 1. The fourth-order valence-corrected chi connectivity index (χ4v) is 2.73. The summed E-state index contributed by atoms with van der Waals surface area (Å²) >= 11 is 0. The molecule has 2 unspecified atom stereocenters. The van der Waals surface area contributed by atoms with E-state index in [1.807, 2.05) is 0 Å². The Kier molecular flexibility index (Phi) is 3.22. The van der Waals surface area contributed by atoms with Gasteiger partial charge >= 0.3 is 0 Å². The lowest BCUT2D eigenvalue weighted by atomic mass is 9.96. The molecule has 0 radical (unpaired) electrons. The molecule has 0 saturated carbocycles. The van der Waals surface area contributed by atoms with E-state index < -0.39 is 5.54 Å². The normalized spacial score (nSPS) is 31.2. The molecule has 2 aliphatic rings. The lowest BCUT2D eigenvalue weighted by Gasteiger charge is -2.36. The third-order valence-electron chi connectivity index (χ3n) is 3.74. The summed E-state index contributed by atoms with van der Waals surface area (Å²) in [6.45, 7) is 5.88. The number of nitrogens with one attached hydrogen (secondary N) is 1. The topological polar surface area (TPSA) is 58.4 Å². The second-order valence-electron chi connectivity index (χ2n) is 5.75. The molecule has 16 heavy (non-hydrogen) atoms. The van der Waals surface area contributed by atoms with E-state index in [1.54, 1.807) is 13.8 Å². The maximum Gasteiger partial charge on any atom is 0.239 e. The van der Waals surface area contributed by atoms with Crippen LogP contribution in [0.2, 0.25) is 0 Å². The molecule has 0 aromatic rings. The van der Waals surface area contributed by atoms with Crippen molar-refractivity contribution in [3.05, 3.63) is 0 Å². The van der Waals surface area contributed by atoms with Crippen molar-refractivity contribution in [1.29, 1.82) is 0 Å². The van der Waals surface area contributed by atoms with Gasteiger partial charge in [0.15, 0.2) is 0 Å². The Hall–Kier alpha value is -0.610. The van der Waals surface area contributed by atoms with Gasteiger partial charge in [0.25, 0.3) is 0 Å². The number of rotatable bonds is 2. The number of amides is 1. The van der Waals surface area contributed by atoms with Crippen LogP contribution in [0.3, 0.4) is 0 Å². The summed E-state index contributed by atoms with van der Waals surface area (Å²) in [5, 5.41) is 3.08. The third kappa shape index (κ3) is 2.55. The fraction of sp³-hybridized carbons (Fsp3) is 0.917. The molecule has 0 aromatic heterocycles. The van der Waals surface area contributed by atoms with E-state index in [1.165, 1.54) is 19.4 Å². The fourth-order valence-electron chi connectivity index (χ4n) is 2.73. The molecule has 0 aromatic carbocycles. The summed E-state index contributed by atoms with van der Waals surface area (Å²) in [5.74, 6) is -0.0241. The van der Waals surface area contributed by atoms with Gasteiger partial charge < -0.3 is 16.0 Å². The van der Waals surface area contributed by atoms with Crippen LogP contribution in [0, 0.1) is 0 Å². The van der Waals surface area contributed by atoms with Gasteiger partial charge in [-0.25, -0.2) is 0 Å².